The molecule has 0 fully saturated rings. The number of esters is 1. The molecule has 0 spiro atoms. The van der Waals surface area contributed by atoms with Crippen LogP contribution in [0.15, 0.2) is 54.6 Å². The quantitative estimate of drug-likeness (QED) is 0.556. The van der Waals surface area contributed by atoms with Crippen LogP contribution in [0, 0.1) is 5.92 Å². The van der Waals surface area contributed by atoms with Gasteiger partial charge in [0.15, 0.2) is 12.4 Å². The molecule has 1 amide bonds. The SMILES string of the molecule is CC(C)[C@H](NC(=O)Cc1ccccc1)C(=O)OCC(=O)c1ccc(Cl)cc1. The van der Waals surface area contributed by atoms with Crippen molar-refractivity contribution in [2.45, 2.75) is 26.3 Å². The fourth-order valence-electron chi connectivity index (χ4n) is 2.45. The summed E-state index contributed by atoms with van der Waals surface area (Å²) < 4.78 is 5.13. The van der Waals surface area contributed by atoms with Crippen molar-refractivity contribution in [2.24, 2.45) is 5.92 Å². The number of hydrogen-bond donors (Lipinski definition) is 1. The van der Waals surface area contributed by atoms with Gasteiger partial charge in [0.25, 0.3) is 0 Å². The van der Waals surface area contributed by atoms with Gasteiger partial charge in [0.1, 0.15) is 6.04 Å². The highest BCUT2D eigenvalue weighted by Gasteiger charge is 2.26. The Morgan fingerprint density at radius 1 is 1.00 bits per heavy atom. The lowest BCUT2D eigenvalue weighted by Gasteiger charge is -2.20. The highest BCUT2D eigenvalue weighted by atomic mass is 35.5. The zero-order valence-corrected chi connectivity index (χ0v) is 16.0. The Morgan fingerprint density at radius 2 is 1.63 bits per heavy atom. The van der Waals surface area contributed by atoms with E-state index in [1.807, 2.05) is 30.3 Å². The molecule has 0 bridgehead atoms. The van der Waals surface area contributed by atoms with E-state index in [1.54, 1.807) is 38.1 Å². The van der Waals surface area contributed by atoms with Crippen molar-refractivity contribution >= 4 is 29.3 Å². The minimum atomic E-state index is -0.820. The molecule has 2 aromatic rings. The summed E-state index contributed by atoms with van der Waals surface area (Å²) in [6.07, 6.45) is 0.168. The molecule has 0 radical (unpaired) electrons. The first-order chi connectivity index (χ1) is 12.9. The van der Waals surface area contributed by atoms with E-state index in [2.05, 4.69) is 5.32 Å². The maximum atomic E-state index is 12.4. The number of ether oxygens (including phenoxy) is 1. The van der Waals surface area contributed by atoms with E-state index in [0.717, 1.165) is 5.56 Å². The summed E-state index contributed by atoms with van der Waals surface area (Å²) in [5.74, 6) is -1.42. The van der Waals surface area contributed by atoms with Crippen LogP contribution < -0.4 is 5.32 Å². The van der Waals surface area contributed by atoms with E-state index in [9.17, 15) is 14.4 Å². The normalized spacial score (nSPS) is 11.7. The molecule has 142 valence electrons. The molecule has 0 aromatic heterocycles. The summed E-state index contributed by atoms with van der Waals surface area (Å²) >= 11 is 5.79. The first-order valence-electron chi connectivity index (χ1n) is 8.65. The van der Waals surface area contributed by atoms with Crippen molar-refractivity contribution in [3.8, 4) is 0 Å². The van der Waals surface area contributed by atoms with Gasteiger partial charge in [0.05, 0.1) is 6.42 Å². The largest absolute Gasteiger partial charge is 0.456 e. The number of benzene rings is 2. The molecule has 0 aliphatic carbocycles. The molecule has 2 aromatic carbocycles. The predicted molar refractivity (Wildman–Crippen MR) is 104 cm³/mol. The number of rotatable bonds is 8. The molecule has 0 aliphatic rings. The van der Waals surface area contributed by atoms with E-state index >= 15 is 0 Å². The average molecular weight is 388 g/mol. The second-order valence-corrected chi connectivity index (χ2v) is 6.93. The Hall–Kier alpha value is -2.66. The third-order valence-corrected chi connectivity index (χ3v) is 4.21. The number of hydrogen-bond acceptors (Lipinski definition) is 4. The standard InChI is InChI=1S/C21H22ClNO4/c1-14(2)20(23-19(25)12-15-6-4-3-5-7-15)21(26)27-13-18(24)16-8-10-17(22)11-9-16/h3-11,14,20H,12-13H2,1-2H3,(H,23,25)/t20-/m0/s1. The number of amides is 1. The Morgan fingerprint density at radius 3 is 2.22 bits per heavy atom. The summed E-state index contributed by atoms with van der Waals surface area (Å²) in [5, 5.41) is 3.21. The summed E-state index contributed by atoms with van der Waals surface area (Å²) in [5.41, 5.74) is 1.25. The number of nitrogens with one attached hydrogen (secondary N) is 1. The highest BCUT2D eigenvalue weighted by molar-refractivity contribution is 6.30. The molecule has 0 saturated carbocycles. The molecule has 5 nitrogen and oxygen atoms in total. The van der Waals surface area contributed by atoms with Crippen LogP contribution in [0.5, 0.6) is 0 Å². The smallest absolute Gasteiger partial charge is 0.329 e. The second-order valence-electron chi connectivity index (χ2n) is 6.49. The van der Waals surface area contributed by atoms with Crippen molar-refractivity contribution in [1.29, 1.82) is 0 Å². The summed E-state index contributed by atoms with van der Waals surface area (Å²) in [6.45, 7) is 3.21. The van der Waals surface area contributed by atoms with Gasteiger partial charge in [-0.25, -0.2) is 4.79 Å². The first-order valence-corrected chi connectivity index (χ1v) is 9.03. The summed E-state index contributed by atoms with van der Waals surface area (Å²) in [6, 6.07) is 14.7. The van der Waals surface area contributed by atoms with E-state index < -0.39 is 18.6 Å². The van der Waals surface area contributed by atoms with Crippen LogP contribution in [0.3, 0.4) is 0 Å². The zero-order valence-electron chi connectivity index (χ0n) is 15.3. The Balaban J connectivity index is 1.91. The first kappa shape index (κ1) is 20.6. The second kappa shape index (κ2) is 9.88. The van der Waals surface area contributed by atoms with E-state index in [0.29, 0.717) is 10.6 Å². The maximum absolute atomic E-state index is 12.4. The molecule has 2 rings (SSSR count). The minimum absolute atomic E-state index is 0.168. The Labute approximate surface area is 163 Å². The van der Waals surface area contributed by atoms with Gasteiger partial charge in [0, 0.05) is 10.6 Å². The van der Waals surface area contributed by atoms with Crippen LogP contribution in [0.2, 0.25) is 5.02 Å². The van der Waals surface area contributed by atoms with Gasteiger partial charge in [-0.1, -0.05) is 55.8 Å². The van der Waals surface area contributed by atoms with Crippen LogP contribution in [0.1, 0.15) is 29.8 Å². The van der Waals surface area contributed by atoms with Crippen LogP contribution in [-0.4, -0.2) is 30.3 Å². The third-order valence-electron chi connectivity index (χ3n) is 3.96. The molecular formula is C21H22ClNO4. The van der Waals surface area contributed by atoms with Gasteiger partial charge in [-0.3, -0.25) is 9.59 Å². The fourth-order valence-corrected chi connectivity index (χ4v) is 2.58. The monoisotopic (exact) mass is 387 g/mol. The predicted octanol–water partition coefficient (Wildman–Crippen LogP) is 3.45. The van der Waals surface area contributed by atoms with Crippen molar-refractivity contribution in [1.82, 2.24) is 5.32 Å². The summed E-state index contributed by atoms with van der Waals surface area (Å²) in [7, 11) is 0. The van der Waals surface area contributed by atoms with Crippen LogP contribution in [0.25, 0.3) is 0 Å². The van der Waals surface area contributed by atoms with E-state index in [1.165, 1.54) is 0 Å². The van der Waals surface area contributed by atoms with Gasteiger partial charge in [0.2, 0.25) is 5.91 Å². The highest BCUT2D eigenvalue weighted by Crippen LogP contribution is 2.11. The number of halogens is 1. The summed E-state index contributed by atoms with van der Waals surface area (Å²) in [4.78, 5) is 36.7. The Kier molecular flexibility index (Phi) is 7.55. The lowest BCUT2D eigenvalue weighted by atomic mass is 10.0. The number of ketones is 1. The van der Waals surface area contributed by atoms with E-state index in [-0.39, 0.29) is 24.0 Å². The minimum Gasteiger partial charge on any atom is -0.456 e. The lowest BCUT2D eigenvalue weighted by Crippen LogP contribution is -2.46. The molecule has 1 N–H and O–H groups in total. The van der Waals surface area contributed by atoms with Gasteiger partial charge in [-0.2, -0.15) is 0 Å². The molecule has 6 heteroatoms. The van der Waals surface area contributed by atoms with Crippen molar-refractivity contribution in [3.63, 3.8) is 0 Å². The molecule has 0 saturated heterocycles. The number of carbonyl (C=O) groups excluding carboxylic acids is 3. The van der Waals surface area contributed by atoms with Gasteiger partial charge in [-0.15, -0.1) is 0 Å². The molecule has 1 atom stereocenters. The number of Topliss-reactive ketones (excluding diaryl/α,β-unsaturated/α-hetero) is 1. The van der Waals surface area contributed by atoms with E-state index in [4.69, 9.17) is 16.3 Å². The average Bonchev–Trinajstić information content (AvgIpc) is 2.65. The lowest BCUT2D eigenvalue weighted by molar-refractivity contribution is -0.148. The van der Waals surface area contributed by atoms with Crippen LogP contribution in [0.4, 0.5) is 0 Å². The van der Waals surface area contributed by atoms with Crippen LogP contribution >= 0.6 is 11.6 Å². The molecule has 0 aliphatic heterocycles. The fraction of sp³-hybridized carbons (Fsp3) is 0.286. The van der Waals surface area contributed by atoms with Crippen molar-refractivity contribution in [2.75, 3.05) is 6.61 Å². The molecule has 0 heterocycles. The topological polar surface area (TPSA) is 72.5 Å². The van der Waals surface area contributed by atoms with Crippen LogP contribution in [-0.2, 0) is 20.7 Å². The maximum Gasteiger partial charge on any atom is 0.329 e. The van der Waals surface area contributed by atoms with Gasteiger partial charge < -0.3 is 10.1 Å². The number of carbonyl (C=O) groups is 3. The van der Waals surface area contributed by atoms with Gasteiger partial charge in [-0.05, 0) is 35.7 Å². The van der Waals surface area contributed by atoms with Crippen molar-refractivity contribution in [3.05, 3.63) is 70.7 Å². The molecular weight excluding hydrogens is 366 g/mol. The zero-order chi connectivity index (χ0) is 19.8. The van der Waals surface area contributed by atoms with Crippen molar-refractivity contribution < 1.29 is 19.1 Å². The third kappa shape index (κ3) is 6.53. The van der Waals surface area contributed by atoms with Gasteiger partial charge >= 0.3 is 5.97 Å². The Bertz CT molecular complexity index is 788. The molecule has 27 heavy (non-hydrogen) atoms. The molecule has 0 unspecified atom stereocenters.